The van der Waals surface area contributed by atoms with Crippen LogP contribution in [0.25, 0.3) is 64.6 Å². The molecule has 0 atom stereocenters. The maximum Gasteiger partial charge on any atom is 0.385 e. The molecule has 0 spiro atoms. The Morgan fingerprint density at radius 1 is 0.260 bits per heavy atom. The van der Waals surface area contributed by atoms with Gasteiger partial charge in [-0.3, -0.25) is 0 Å². The van der Waals surface area contributed by atoms with Gasteiger partial charge in [0.2, 0.25) is 0 Å². The molecule has 0 aliphatic heterocycles. The lowest BCUT2D eigenvalue weighted by Crippen LogP contribution is -2.69. The van der Waals surface area contributed by atoms with E-state index in [0.717, 1.165) is 24.3 Å². The molecule has 8 rings (SSSR count). The average molecular weight is 703 g/mol. The summed E-state index contributed by atoms with van der Waals surface area (Å²) in [6.45, 7) is 0. The lowest BCUT2D eigenvalue weighted by atomic mass is 9.83. The van der Waals surface area contributed by atoms with E-state index in [0.29, 0.717) is 33.7 Å². The van der Waals surface area contributed by atoms with Gasteiger partial charge < -0.3 is 0 Å². The zero-order valence-electron chi connectivity index (χ0n) is 24.9. The standard InChI is InChI=1S/C38H18F12/c39-33(40,27-17-13-23-9-7-19-3-1-5-21-11-15-25(27)31(23)29(19)21)35(43,44)37(47,48)38(49,50)36(45,46)34(41,42)28-18-14-24-10-8-20-4-2-6-22-12-16-26(28)32(24)30(20)22/h1-18H. The van der Waals surface area contributed by atoms with E-state index in [9.17, 15) is 0 Å². The molecule has 0 amide bonds. The van der Waals surface area contributed by atoms with Crippen molar-refractivity contribution < 1.29 is 52.7 Å². The molecular formula is C38H18F12. The molecule has 0 nitrogen and oxygen atoms in total. The van der Waals surface area contributed by atoms with Gasteiger partial charge >= 0.3 is 35.5 Å². The van der Waals surface area contributed by atoms with Gasteiger partial charge in [-0.05, 0) is 64.6 Å². The fourth-order valence-electron chi connectivity index (χ4n) is 7.15. The second-order valence-electron chi connectivity index (χ2n) is 12.4. The third-order valence-corrected chi connectivity index (χ3v) is 9.71. The van der Waals surface area contributed by atoms with Crippen LogP contribution < -0.4 is 0 Å². The van der Waals surface area contributed by atoms with Crippen molar-refractivity contribution in [1.82, 2.24) is 0 Å². The van der Waals surface area contributed by atoms with Crippen LogP contribution in [0.4, 0.5) is 52.7 Å². The molecule has 0 aliphatic rings. The van der Waals surface area contributed by atoms with Crippen LogP contribution >= 0.6 is 0 Å². The maximum absolute atomic E-state index is 15.8. The van der Waals surface area contributed by atoms with Gasteiger partial charge in [0.15, 0.2) is 0 Å². The molecule has 12 heteroatoms. The third kappa shape index (κ3) is 3.76. The Labute approximate surface area is 273 Å². The van der Waals surface area contributed by atoms with E-state index in [2.05, 4.69) is 0 Å². The van der Waals surface area contributed by atoms with E-state index in [1.807, 2.05) is 0 Å². The Balaban J connectivity index is 1.26. The third-order valence-electron chi connectivity index (χ3n) is 9.71. The summed E-state index contributed by atoms with van der Waals surface area (Å²) in [5.41, 5.74) is -3.77. The quantitative estimate of drug-likeness (QED) is 0.115. The molecule has 0 heterocycles. The molecule has 0 fully saturated rings. The molecule has 0 aliphatic carbocycles. The van der Waals surface area contributed by atoms with Gasteiger partial charge in [-0.1, -0.05) is 109 Å². The van der Waals surface area contributed by atoms with Crippen LogP contribution in [-0.2, 0) is 11.8 Å². The van der Waals surface area contributed by atoms with E-state index < -0.39 is 57.4 Å². The Hall–Kier alpha value is -5.00. The first kappa shape index (κ1) is 32.2. The van der Waals surface area contributed by atoms with Gasteiger partial charge in [0.25, 0.3) is 0 Å². The van der Waals surface area contributed by atoms with Gasteiger partial charge in [0, 0.05) is 11.1 Å². The molecule has 0 saturated carbocycles. The highest BCUT2D eigenvalue weighted by atomic mass is 19.4. The minimum atomic E-state index is -7.73. The van der Waals surface area contributed by atoms with Crippen LogP contribution in [0.1, 0.15) is 11.1 Å². The highest BCUT2D eigenvalue weighted by molar-refractivity contribution is 6.24. The second-order valence-corrected chi connectivity index (χ2v) is 12.4. The molecule has 0 radical (unpaired) electrons. The van der Waals surface area contributed by atoms with Crippen LogP contribution in [0.15, 0.2) is 109 Å². The summed E-state index contributed by atoms with van der Waals surface area (Å²) < 4.78 is 186. The summed E-state index contributed by atoms with van der Waals surface area (Å²) >= 11 is 0. The zero-order chi connectivity index (χ0) is 35.8. The van der Waals surface area contributed by atoms with Crippen molar-refractivity contribution in [2.24, 2.45) is 0 Å². The van der Waals surface area contributed by atoms with E-state index in [4.69, 9.17) is 0 Å². The number of hydrogen-bond donors (Lipinski definition) is 0. The largest absolute Gasteiger partial charge is 0.385 e. The Kier molecular flexibility index (Phi) is 6.33. The normalized spacial score (nSPS) is 14.4. The molecule has 254 valence electrons. The SMILES string of the molecule is FC(F)(c1ccc2ccc3cccc4ccc1c2c34)C(F)(F)C(F)(F)C(F)(F)C(F)(F)C(F)(F)c1ccc2ccc3cccc4ccc1c2c34. The summed E-state index contributed by atoms with van der Waals surface area (Å²) in [6, 6.07) is 21.9. The molecule has 0 saturated heterocycles. The number of halogens is 12. The lowest BCUT2D eigenvalue weighted by Gasteiger charge is -2.41. The van der Waals surface area contributed by atoms with Crippen molar-refractivity contribution in [3.05, 3.63) is 120 Å². The number of hydrogen-bond acceptors (Lipinski definition) is 0. The molecule has 0 bridgehead atoms. The highest BCUT2D eigenvalue weighted by Crippen LogP contribution is 2.64. The summed E-state index contributed by atoms with van der Waals surface area (Å²) in [5, 5.41) is 0.993. The van der Waals surface area contributed by atoms with Crippen LogP contribution in [0.2, 0.25) is 0 Å². The van der Waals surface area contributed by atoms with Gasteiger partial charge in [0.1, 0.15) is 0 Å². The Morgan fingerprint density at radius 2 is 0.520 bits per heavy atom. The predicted molar refractivity (Wildman–Crippen MR) is 168 cm³/mol. The van der Waals surface area contributed by atoms with Crippen molar-refractivity contribution >= 4 is 64.6 Å². The number of benzene rings is 8. The van der Waals surface area contributed by atoms with Crippen molar-refractivity contribution in [2.75, 3.05) is 0 Å². The van der Waals surface area contributed by atoms with Gasteiger partial charge in [-0.2, -0.15) is 52.7 Å². The van der Waals surface area contributed by atoms with E-state index >= 15 is 52.7 Å². The number of rotatable bonds is 7. The van der Waals surface area contributed by atoms with Crippen LogP contribution in [-0.4, -0.2) is 23.7 Å². The minimum absolute atomic E-state index is 0.102. The van der Waals surface area contributed by atoms with Gasteiger partial charge in [-0.15, -0.1) is 0 Å². The van der Waals surface area contributed by atoms with Crippen LogP contribution in [0.3, 0.4) is 0 Å². The van der Waals surface area contributed by atoms with Crippen molar-refractivity contribution in [2.45, 2.75) is 35.5 Å². The average Bonchev–Trinajstić information content (AvgIpc) is 3.08. The molecule has 0 aromatic heterocycles. The lowest BCUT2D eigenvalue weighted by molar-refractivity contribution is -0.429. The molecular weight excluding hydrogens is 684 g/mol. The van der Waals surface area contributed by atoms with Crippen LogP contribution in [0, 0.1) is 0 Å². The molecule has 50 heavy (non-hydrogen) atoms. The maximum atomic E-state index is 15.8. The minimum Gasteiger partial charge on any atom is -0.194 e. The summed E-state index contributed by atoms with van der Waals surface area (Å²) in [7, 11) is 0. The van der Waals surface area contributed by atoms with E-state index in [1.165, 1.54) is 24.3 Å². The van der Waals surface area contributed by atoms with E-state index in [1.54, 1.807) is 48.5 Å². The van der Waals surface area contributed by atoms with E-state index in [-0.39, 0.29) is 32.3 Å². The fraction of sp³-hybridized carbons (Fsp3) is 0.158. The smallest absolute Gasteiger partial charge is 0.194 e. The number of alkyl halides is 12. The molecule has 0 unspecified atom stereocenters. The summed E-state index contributed by atoms with van der Waals surface area (Å²) in [4.78, 5) is 0. The second kappa shape index (κ2) is 9.82. The van der Waals surface area contributed by atoms with Crippen molar-refractivity contribution in [3.63, 3.8) is 0 Å². The molecule has 8 aromatic rings. The van der Waals surface area contributed by atoms with Crippen LogP contribution in [0.5, 0.6) is 0 Å². The monoisotopic (exact) mass is 702 g/mol. The van der Waals surface area contributed by atoms with Gasteiger partial charge in [0.05, 0.1) is 0 Å². The predicted octanol–water partition coefficient (Wildman–Crippen LogP) is 12.9. The van der Waals surface area contributed by atoms with Crippen molar-refractivity contribution in [3.8, 4) is 0 Å². The summed E-state index contributed by atoms with van der Waals surface area (Å²) in [6.07, 6.45) is 0. The first-order valence-corrected chi connectivity index (χ1v) is 15.0. The topological polar surface area (TPSA) is 0 Å². The fourth-order valence-corrected chi connectivity index (χ4v) is 7.15. The van der Waals surface area contributed by atoms with Gasteiger partial charge in [-0.25, -0.2) is 0 Å². The zero-order valence-corrected chi connectivity index (χ0v) is 24.9. The Morgan fingerprint density at radius 3 is 0.840 bits per heavy atom. The molecule has 0 N–H and O–H groups in total. The first-order valence-electron chi connectivity index (χ1n) is 15.0. The first-order chi connectivity index (χ1) is 23.4. The van der Waals surface area contributed by atoms with Crippen molar-refractivity contribution in [1.29, 1.82) is 0 Å². The molecule has 8 aromatic carbocycles. The highest BCUT2D eigenvalue weighted by Gasteiger charge is 2.90. The Bertz CT molecular complexity index is 2410. The summed E-state index contributed by atoms with van der Waals surface area (Å²) in [5.74, 6) is -42.7.